The molecule has 1 saturated heterocycles. The van der Waals surface area contributed by atoms with Crippen LogP contribution in [0.25, 0.3) is 0 Å². The number of aliphatic hydroxyl groups excluding tert-OH is 1. The number of nitrogens with zero attached hydrogens (tertiary/aromatic N) is 3. The van der Waals surface area contributed by atoms with E-state index in [0.29, 0.717) is 6.54 Å². The first-order chi connectivity index (χ1) is 12.2. The van der Waals surface area contributed by atoms with E-state index in [-0.39, 0.29) is 18.7 Å². The highest BCUT2D eigenvalue weighted by molar-refractivity contribution is 5.74. The fourth-order valence-electron chi connectivity index (χ4n) is 3.20. The number of nitrogens with one attached hydrogen (secondary N) is 2. The fraction of sp³-hybridized carbons (Fsp3) is 0.444. The van der Waals surface area contributed by atoms with E-state index in [1.165, 1.54) is 0 Å². The van der Waals surface area contributed by atoms with Gasteiger partial charge in [0, 0.05) is 38.9 Å². The highest BCUT2D eigenvalue weighted by atomic mass is 16.3. The van der Waals surface area contributed by atoms with Gasteiger partial charge < -0.3 is 20.6 Å². The van der Waals surface area contributed by atoms with Crippen molar-refractivity contribution in [1.29, 1.82) is 0 Å². The predicted molar refractivity (Wildman–Crippen MR) is 96.2 cm³/mol. The van der Waals surface area contributed by atoms with E-state index in [4.69, 9.17) is 0 Å². The monoisotopic (exact) mass is 343 g/mol. The molecule has 1 unspecified atom stereocenters. The van der Waals surface area contributed by atoms with Gasteiger partial charge in [-0.3, -0.25) is 4.68 Å². The fourth-order valence-corrected chi connectivity index (χ4v) is 3.20. The number of benzene rings is 1. The van der Waals surface area contributed by atoms with E-state index < -0.39 is 0 Å². The van der Waals surface area contributed by atoms with Gasteiger partial charge >= 0.3 is 6.03 Å². The molecule has 0 saturated carbocycles. The summed E-state index contributed by atoms with van der Waals surface area (Å²) in [5, 5.41) is 19.5. The first kappa shape index (κ1) is 17.3. The normalized spacial score (nSPS) is 17.4. The highest BCUT2D eigenvalue weighted by Gasteiger charge is 2.22. The molecule has 1 aliphatic heterocycles. The van der Waals surface area contributed by atoms with E-state index in [9.17, 15) is 9.90 Å². The average Bonchev–Trinajstić information content (AvgIpc) is 3.07. The van der Waals surface area contributed by atoms with Crippen LogP contribution in [-0.4, -0.2) is 40.0 Å². The molecule has 7 nitrogen and oxygen atoms in total. The van der Waals surface area contributed by atoms with Crippen LogP contribution in [0.2, 0.25) is 0 Å². The van der Waals surface area contributed by atoms with Crippen molar-refractivity contribution in [2.24, 2.45) is 7.05 Å². The summed E-state index contributed by atoms with van der Waals surface area (Å²) in [6, 6.07) is 7.50. The van der Waals surface area contributed by atoms with Crippen LogP contribution in [-0.2, 0) is 20.2 Å². The van der Waals surface area contributed by atoms with E-state index in [0.717, 1.165) is 42.7 Å². The Hall–Kier alpha value is -2.54. The topological polar surface area (TPSA) is 82.4 Å². The minimum absolute atomic E-state index is 0.0256. The van der Waals surface area contributed by atoms with Crippen LogP contribution in [0.4, 0.5) is 10.5 Å². The molecule has 1 aromatic carbocycles. The maximum atomic E-state index is 12.2. The molecular formula is C18H25N5O2. The number of piperidine rings is 1. The van der Waals surface area contributed by atoms with Gasteiger partial charge in [0.25, 0.3) is 0 Å². The summed E-state index contributed by atoms with van der Waals surface area (Å²) in [5.41, 5.74) is 2.86. The van der Waals surface area contributed by atoms with Crippen LogP contribution in [0.5, 0.6) is 0 Å². The van der Waals surface area contributed by atoms with Crippen LogP contribution in [0.15, 0.2) is 36.7 Å². The Kier molecular flexibility index (Phi) is 5.55. The number of hydrogen-bond donors (Lipinski definition) is 3. The van der Waals surface area contributed by atoms with E-state index in [2.05, 4.69) is 20.6 Å². The first-order valence-electron chi connectivity index (χ1n) is 8.61. The highest BCUT2D eigenvalue weighted by Crippen LogP contribution is 2.19. The van der Waals surface area contributed by atoms with Crippen LogP contribution in [0, 0.1) is 0 Å². The van der Waals surface area contributed by atoms with Crippen molar-refractivity contribution in [2.45, 2.75) is 32.0 Å². The molecule has 25 heavy (non-hydrogen) atoms. The second-order valence-corrected chi connectivity index (χ2v) is 6.41. The van der Waals surface area contributed by atoms with Crippen molar-refractivity contribution < 1.29 is 9.90 Å². The molecule has 0 bridgehead atoms. The quantitative estimate of drug-likeness (QED) is 0.766. The second kappa shape index (κ2) is 8.02. The van der Waals surface area contributed by atoms with Crippen molar-refractivity contribution in [1.82, 2.24) is 20.4 Å². The van der Waals surface area contributed by atoms with E-state index in [1.54, 1.807) is 4.68 Å². The van der Waals surface area contributed by atoms with Crippen LogP contribution < -0.4 is 15.5 Å². The summed E-state index contributed by atoms with van der Waals surface area (Å²) in [4.78, 5) is 14.5. The Morgan fingerprint density at radius 2 is 2.16 bits per heavy atom. The zero-order chi connectivity index (χ0) is 17.6. The first-order valence-corrected chi connectivity index (χ1v) is 8.61. The molecule has 3 rings (SSSR count). The van der Waals surface area contributed by atoms with E-state index >= 15 is 0 Å². The van der Waals surface area contributed by atoms with Crippen molar-refractivity contribution in [2.75, 3.05) is 18.0 Å². The Labute approximate surface area is 147 Å². The molecule has 3 N–H and O–H groups in total. The number of carbonyl (C=O) groups excluding carboxylic acids is 1. The molecular weight excluding hydrogens is 318 g/mol. The summed E-state index contributed by atoms with van der Waals surface area (Å²) in [6.07, 6.45) is 5.85. The number of aromatic nitrogens is 2. The lowest BCUT2D eigenvalue weighted by molar-refractivity contribution is 0.234. The van der Waals surface area contributed by atoms with Crippen molar-refractivity contribution in [3.63, 3.8) is 0 Å². The molecule has 1 fully saturated rings. The number of carbonyl (C=O) groups is 1. The third-order valence-electron chi connectivity index (χ3n) is 4.54. The number of rotatable bonds is 5. The van der Waals surface area contributed by atoms with Gasteiger partial charge in [-0.25, -0.2) is 4.79 Å². The number of hydrogen-bond acceptors (Lipinski definition) is 4. The zero-order valence-corrected chi connectivity index (χ0v) is 14.5. The lowest BCUT2D eigenvalue weighted by atomic mass is 10.1. The molecule has 0 radical (unpaired) electrons. The molecule has 2 aromatic rings. The van der Waals surface area contributed by atoms with Crippen LogP contribution in [0.1, 0.15) is 24.0 Å². The summed E-state index contributed by atoms with van der Waals surface area (Å²) in [5.74, 6) is 0. The number of anilines is 1. The van der Waals surface area contributed by atoms with Crippen LogP contribution in [0.3, 0.4) is 0 Å². The minimum atomic E-state index is -0.175. The molecule has 134 valence electrons. The Balaban J connectivity index is 1.50. The van der Waals surface area contributed by atoms with E-state index in [1.807, 2.05) is 43.7 Å². The maximum Gasteiger partial charge on any atom is 0.315 e. The number of amides is 2. The van der Waals surface area contributed by atoms with Crippen LogP contribution >= 0.6 is 0 Å². The Morgan fingerprint density at radius 1 is 1.36 bits per heavy atom. The SMILES string of the molecule is Cn1cc(N2CCCC(NC(=O)NCc3ccccc3CO)C2)cn1. The number of aryl methyl sites for hydroxylation is 1. The van der Waals surface area contributed by atoms with Crippen molar-refractivity contribution >= 4 is 11.7 Å². The largest absolute Gasteiger partial charge is 0.392 e. The standard InChI is InChI=1S/C18H25N5O2/c1-22-12-17(10-20-22)23-8-4-7-16(11-23)21-18(25)19-9-14-5-2-3-6-15(14)13-24/h2-3,5-6,10,12,16,24H,4,7-9,11,13H2,1H3,(H2,19,21,25). The molecule has 2 heterocycles. The summed E-state index contributed by atoms with van der Waals surface area (Å²) < 4.78 is 1.79. The van der Waals surface area contributed by atoms with Gasteiger partial charge in [-0.15, -0.1) is 0 Å². The zero-order valence-electron chi connectivity index (χ0n) is 14.5. The molecule has 0 aliphatic carbocycles. The Morgan fingerprint density at radius 3 is 2.88 bits per heavy atom. The summed E-state index contributed by atoms with van der Waals surface area (Å²) >= 11 is 0. The van der Waals surface area contributed by atoms with Gasteiger partial charge in [0.2, 0.25) is 0 Å². The molecule has 0 spiro atoms. The predicted octanol–water partition coefficient (Wildman–Crippen LogP) is 1.38. The van der Waals surface area contributed by atoms with Gasteiger partial charge in [-0.2, -0.15) is 5.10 Å². The van der Waals surface area contributed by atoms with Gasteiger partial charge in [0.05, 0.1) is 18.5 Å². The lowest BCUT2D eigenvalue weighted by Gasteiger charge is -2.33. The molecule has 1 aromatic heterocycles. The van der Waals surface area contributed by atoms with Gasteiger partial charge in [0.15, 0.2) is 0 Å². The maximum absolute atomic E-state index is 12.2. The second-order valence-electron chi connectivity index (χ2n) is 6.41. The summed E-state index contributed by atoms with van der Waals surface area (Å²) in [7, 11) is 1.90. The number of urea groups is 1. The van der Waals surface area contributed by atoms with Crippen molar-refractivity contribution in [3.05, 3.63) is 47.8 Å². The molecule has 2 amide bonds. The van der Waals surface area contributed by atoms with Gasteiger partial charge in [-0.1, -0.05) is 24.3 Å². The Bertz CT molecular complexity index is 715. The lowest BCUT2D eigenvalue weighted by Crippen LogP contribution is -2.50. The molecule has 1 atom stereocenters. The summed E-state index contributed by atoms with van der Waals surface area (Å²) in [6.45, 7) is 2.14. The smallest absolute Gasteiger partial charge is 0.315 e. The van der Waals surface area contributed by atoms with Gasteiger partial charge in [0.1, 0.15) is 0 Å². The third-order valence-corrected chi connectivity index (χ3v) is 4.54. The molecule has 1 aliphatic rings. The van der Waals surface area contributed by atoms with Gasteiger partial charge in [-0.05, 0) is 24.0 Å². The number of aliphatic hydroxyl groups is 1. The molecule has 7 heteroatoms. The average molecular weight is 343 g/mol. The minimum Gasteiger partial charge on any atom is -0.392 e. The third kappa shape index (κ3) is 4.51. The van der Waals surface area contributed by atoms with Crippen molar-refractivity contribution in [3.8, 4) is 0 Å².